The summed E-state index contributed by atoms with van der Waals surface area (Å²) in [5.74, 6) is -1.33. The van der Waals surface area contributed by atoms with E-state index in [-0.39, 0.29) is 6.04 Å². The van der Waals surface area contributed by atoms with Crippen LogP contribution in [0.4, 0.5) is 10.5 Å². The van der Waals surface area contributed by atoms with Crippen molar-refractivity contribution < 1.29 is 19.4 Å². The summed E-state index contributed by atoms with van der Waals surface area (Å²) >= 11 is 1.56. The number of carbonyl (C=O) groups is 2. The van der Waals surface area contributed by atoms with Gasteiger partial charge in [0.25, 0.3) is 0 Å². The molecule has 1 aromatic rings. The van der Waals surface area contributed by atoms with Gasteiger partial charge in [0.2, 0.25) is 0 Å². The van der Waals surface area contributed by atoms with E-state index in [1.54, 1.807) is 11.3 Å². The largest absolute Gasteiger partial charge is 0.481 e. The lowest BCUT2D eigenvalue weighted by Gasteiger charge is -2.37. The summed E-state index contributed by atoms with van der Waals surface area (Å²) in [7, 11) is 1.30. The van der Waals surface area contributed by atoms with Gasteiger partial charge in [-0.25, -0.2) is 4.79 Å². The number of hydrogen-bond donors (Lipinski definition) is 2. The van der Waals surface area contributed by atoms with E-state index < -0.39 is 18.0 Å². The van der Waals surface area contributed by atoms with Crippen LogP contribution in [0, 0.1) is 5.92 Å². The number of aliphatic carboxylic acids is 1. The summed E-state index contributed by atoms with van der Waals surface area (Å²) in [5.41, 5.74) is 0.993. The second-order valence-corrected chi connectivity index (χ2v) is 5.27. The molecule has 0 radical (unpaired) electrons. The van der Waals surface area contributed by atoms with E-state index in [1.807, 2.05) is 21.7 Å². The third-order valence-corrected chi connectivity index (χ3v) is 3.85. The summed E-state index contributed by atoms with van der Waals surface area (Å²) < 4.78 is 4.56. The van der Waals surface area contributed by atoms with Gasteiger partial charge in [0.05, 0.1) is 19.1 Å². The normalized spacial score (nSPS) is 22.9. The van der Waals surface area contributed by atoms with E-state index in [0.29, 0.717) is 19.5 Å². The topological polar surface area (TPSA) is 78.9 Å². The molecule has 1 aromatic heterocycles. The lowest BCUT2D eigenvalue weighted by atomic mass is 9.94. The lowest BCUT2D eigenvalue weighted by Crippen LogP contribution is -2.52. The van der Waals surface area contributed by atoms with Crippen LogP contribution in [0.25, 0.3) is 0 Å². The predicted molar refractivity (Wildman–Crippen MR) is 71.6 cm³/mol. The number of nitrogens with zero attached hydrogens (tertiary/aromatic N) is 1. The van der Waals surface area contributed by atoms with Crippen molar-refractivity contribution in [2.75, 3.05) is 25.1 Å². The smallest absolute Gasteiger partial charge is 0.407 e. The van der Waals surface area contributed by atoms with Crippen LogP contribution in [0.5, 0.6) is 0 Å². The lowest BCUT2D eigenvalue weighted by molar-refractivity contribution is -0.142. The average molecular weight is 284 g/mol. The Morgan fingerprint density at radius 1 is 1.53 bits per heavy atom. The number of anilines is 1. The fourth-order valence-corrected chi connectivity index (χ4v) is 2.92. The first kappa shape index (κ1) is 13.7. The van der Waals surface area contributed by atoms with Gasteiger partial charge >= 0.3 is 12.1 Å². The summed E-state index contributed by atoms with van der Waals surface area (Å²) in [6.45, 7) is 1.06. The number of alkyl carbamates (subject to hydrolysis) is 1. The van der Waals surface area contributed by atoms with Gasteiger partial charge in [-0.15, -0.1) is 0 Å². The molecule has 2 heterocycles. The monoisotopic (exact) mass is 284 g/mol. The van der Waals surface area contributed by atoms with Crippen molar-refractivity contribution in [1.29, 1.82) is 0 Å². The molecule has 2 unspecified atom stereocenters. The molecule has 0 spiro atoms. The van der Waals surface area contributed by atoms with Gasteiger partial charge in [-0.3, -0.25) is 4.79 Å². The number of ether oxygens (including phenoxy) is 1. The number of carboxylic acid groups (broad SMARTS) is 1. The van der Waals surface area contributed by atoms with E-state index in [0.717, 1.165) is 5.69 Å². The number of hydrogen-bond acceptors (Lipinski definition) is 5. The highest BCUT2D eigenvalue weighted by atomic mass is 32.1. The first-order valence-electron chi connectivity index (χ1n) is 5.94. The van der Waals surface area contributed by atoms with Gasteiger partial charge in [0.15, 0.2) is 0 Å². The molecule has 2 atom stereocenters. The van der Waals surface area contributed by atoms with Crippen molar-refractivity contribution in [2.45, 2.75) is 12.5 Å². The number of amides is 1. The van der Waals surface area contributed by atoms with Crippen LogP contribution in [0.15, 0.2) is 16.8 Å². The Labute approximate surface area is 115 Å². The van der Waals surface area contributed by atoms with Gasteiger partial charge < -0.3 is 20.1 Å². The highest BCUT2D eigenvalue weighted by Gasteiger charge is 2.32. The quantitative estimate of drug-likeness (QED) is 0.876. The van der Waals surface area contributed by atoms with Crippen molar-refractivity contribution in [3.63, 3.8) is 0 Å². The number of thiophene rings is 1. The Hall–Kier alpha value is -1.76. The minimum absolute atomic E-state index is 0.220. The minimum Gasteiger partial charge on any atom is -0.481 e. The van der Waals surface area contributed by atoms with Crippen LogP contribution in [0.1, 0.15) is 6.42 Å². The first-order chi connectivity index (χ1) is 9.10. The van der Waals surface area contributed by atoms with Crippen LogP contribution in [-0.2, 0) is 9.53 Å². The predicted octanol–water partition coefficient (Wildman–Crippen LogP) is 1.38. The number of nitrogens with one attached hydrogen (secondary N) is 1. The zero-order valence-corrected chi connectivity index (χ0v) is 11.4. The van der Waals surface area contributed by atoms with Gasteiger partial charge in [0.1, 0.15) is 0 Å². The molecule has 6 nitrogen and oxygen atoms in total. The molecule has 0 aliphatic carbocycles. The minimum atomic E-state index is -0.836. The Bertz CT molecular complexity index is 449. The van der Waals surface area contributed by atoms with Gasteiger partial charge in [-0.2, -0.15) is 11.3 Å². The fraction of sp³-hybridized carbons (Fsp3) is 0.500. The Balaban J connectivity index is 2.08. The van der Waals surface area contributed by atoms with Gasteiger partial charge in [-0.05, 0) is 17.9 Å². The average Bonchev–Trinajstić information content (AvgIpc) is 2.92. The summed E-state index contributed by atoms with van der Waals surface area (Å²) in [5, 5.41) is 15.8. The summed E-state index contributed by atoms with van der Waals surface area (Å²) in [6, 6.07) is 1.73. The molecule has 1 aliphatic heterocycles. The number of piperidine rings is 1. The third-order valence-electron chi connectivity index (χ3n) is 3.18. The van der Waals surface area contributed by atoms with Crippen molar-refractivity contribution >= 4 is 29.1 Å². The Morgan fingerprint density at radius 3 is 2.89 bits per heavy atom. The fourth-order valence-electron chi connectivity index (χ4n) is 2.26. The number of carboxylic acids is 1. The molecule has 1 saturated heterocycles. The van der Waals surface area contributed by atoms with E-state index in [2.05, 4.69) is 10.1 Å². The molecule has 1 amide bonds. The maximum absolute atomic E-state index is 11.3. The first-order valence-corrected chi connectivity index (χ1v) is 6.89. The van der Waals surface area contributed by atoms with E-state index in [4.69, 9.17) is 0 Å². The Morgan fingerprint density at radius 2 is 2.32 bits per heavy atom. The zero-order valence-electron chi connectivity index (χ0n) is 10.5. The number of methoxy groups -OCH3 is 1. The Kier molecular flexibility index (Phi) is 4.26. The molecule has 0 aromatic carbocycles. The maximum Gasteiger partial charge on any atom is 0.407 e. The number of rotatable bonds is 3. The molecule has 0 saturated carbocycles. The molecule has 1 aliphatic rings. The second kappa shape index (κ2) is 5.92. The van der Waals surface area contributed by atoms with Crippen LogP contribution in [0.2, 0.25) is 0 Å². The van der Waals surface area contributed by atoms with Gasteiger partial charge in [-0.1, -0.05) is 0 Å². The molecule has 2 rings (SSSR count). The molecule has 1 fully saturated rings. The third kappa shape index (κ3) is 3.37. The zero-order chi connectivity index (χ0) is 13.8. The van der Waals surface area contributed by atoms with Crippen LogP contribution in [0.3, 0.4) is 0 Å². The van der Waals surface area contributed by atoms with Crippen molar-refractivity contribution in [3.05, 3.63) is 16.8 Å². The van der Waals surface area contributed by atoms with Crippen LogP contribution < -0.4 is 10.2 Å². The van der Waals surface area contributed by atoms with Crippen LogP contribution >= 0.6 is 11.3 Å². The molecular weight excluding hydrogens is 268 g/mol. The van der Waals surface area contributed by atoms with Gasteiger partial charge in [0, 0.05) is 24.2 Å². The highest BCUT2D eigenvalue weighted by molar-refractivity contribution is 7.08. The second-order valence-electron chi connectivity index (χ2n) is 4.49. The summed E-state index contributed by atoms with van der Waals surface area (Å²) in [6.07, 6.45) is -0.105. The van der Waals surface area contributed by atoms with Crippen molar-refractivity contribution in [1.82, 2.24) is 5.32 Å². The van der Waals surface area contributed by atoms with E-state index in [9.17, 15) is 14.7 Å². The maximum atomic E-state index is 11.3. The van der Waals surface area contributed by atoms with E-state index in [1.165, 1.54) is 7.11 Å². The highest BCUT2D eigenvalue weighted by Crippen LogP contribution is 2.25. The molecule has 19 heavy (non-hydrogen) atoms. The molecule has 7 heteroatoms. The molecular formula is C12H16N2O4S. The standard InChI is InChI=1S/C12H16N2O4S/c1-18-12(17)13-9-4-8(11(15)16)5-14(6-9)10-2-3-19-7-10/h2-3,7-9H,4-6H2,1H3,(H,13,17)(H,15,16). The van der Waals surface area contributed by atoms with Crippen LogP contribution in [-0.4, -0.2) is 43.4 Å². The van der Waals surface area contributed by atoms with Crippen molar-refractivity contribution in [3.8, 4) is 0 Å². The summed E-state index contributed by atoms with van der Waals surface area (Å²) in [4.78, 5) is 24.4. The molecule has 0 bridgehead atoms. The SMILES string of the molecule is COC(=O)NC1CC(C(=O)O)CN(c2ccsc2)C1. The van der Waals surface area contributed by atoms with E-state index >= 15 is 0 Å². The van der Waals surface area contributed by atoms with Crippen molar-refractivity contribution in [2.24, 2.45) is 5.92 Å². The molecule has 2 N–H and O–H groups in total. The number of carbonyl (C=O) groups excluding carboxylic acids is 1. The molecule has 104 valence electrons.